The number of carbonyl (C=O) groups excluding carboxylic acids is 1. The van der Waals surface area contributed by atoms with E-state index in [4.69, 9.17) is 9.47 Å². The lowest BCUT2D eigenvalue weighted by Gasteiger charge is -2.19. The van der Waals surface area contributed by atoms with Crippen molar-refractivity contribution in [1.82, 2.24) is 10.3 Å². The van der Waals surface area contributed by atoms with Crippen molar-refractivity contribution in [2.45, 2.75) is 6.04 Å². The fourth-order valence-corrected chi connectivity index (χ4v) is 2.60. The normalized spacial score (nSPS) is 11.4. The summed E-state index contributed by atoms with van der Waals surface area (Å²) >= 11 is 0. The largest absolute Gasteiger partial charge is 0.493 e. The van der Waals surface area contributed by atoms with Gasteiger partial charge in [-0.2, -0.15) is 0 Å². The first kappa shape index (κ1) is 17.5. The molecular formula is C21H20N2O3. The van der Waals surface area contributed by atoms with Gasteiger partial charge in [0.2, 0.25) is 0 Å². The number of hydrogen-bond donors (Lipinski definition) is 1. The van der Waals surface area contributed by atoms with Gasteiger partial charge in [0.1, 0.15) is 0 Å². The molecule has 5 heteroatoms. The van der Waals surface area contributed by atoms with Crippen molar-refractivity contribution in [3.05, 3.63) is 90.3 Å². The number of aromatic nitrogens is 1. The molecule has 3 aromatic rings. The molecule has 1 aromatic heterocycles. The summed E-state index contributed by atoms with van der Waals surface area (Å²) in [6.07, 6.45) is 1.71. The molecule has 0 aliphatic carbocycles. The van der Waals surface area contributed by atoms with Gasteiger partial charge < -0.3 is 14.8 Å². The fraction of sp³-hybridized carbons (Fsp3) is 0.143. The maximum absolute atomic E-state index is 12.5. The van der Waals surface area contributed by atoms with Gasteiger partial charge in [-0.1, -0.05) is 48.5 Å². The molecular weight excluding hydrogens is 328 g/mol. The first-order chi connectivity index (χ1) is 12.8. The van der Waals surface area contributed by atoms with Crippen LogP contribution < -0.4 is 14.8 Å². The van der Waals surface area contributed by atoms with Gasteiger partial charge in [-0.3, -0.25) is 9.78 Å². The van der Waals surface area contributed by atoms with Crippen LogP contribution in [0.25, 0.3) is 0 Å². The van der Waals surface area contributed by atoms with Gasteiger partial charge in [0, 0.05) is 6.20 Å². The Morgan fingerprint density at radius 1 is 0.962 bits per heavy atom. The molecule has 26 heavy (non-hydrogen) atoms. The third kappa shape index (κ3) is 4.39. The lowest BCUT2D eigenvalue weighted by molar-refractivity contribution is -0.123. The summed E-state index contributed by atoms with van der Waals surface area (Å²) in [5.74, 6) is 0.874. The Balaban J connectivity index is 1.72. The molecule has 0 radical (unpaired) electrons. The molecule has 2 aromatic carbocycles. The van der Waals surface area contributed by atoms with E-state index in [2.05, 4.69) is 10.3 Å². The molecule has 1 N–H and O–H groups in total. The number of hydrogen-bond acceptors (Lipinski definition) is 4. The average Bonchev–Trinajstić information content (AvgIpc) is 2.72. The number of methoxy groups -OCH3 is 1. The summed E-state index contributed by atoms with van der Waals surface area (Å²) < 4.78 is 10.8. The number of rotatable bonds is 7. The highest BCUT2D eigenvalue weighted by Gasteiger charge is 2.18. The Kier molecular flexibility index (Phi) is 5.83. The molecule has 0 saturated heterocycles. The maximum atomic E-state index is 12.5. The van der Waals surface area contributed by atoms with E-state index in [0.717, 1.165) is 11.3 Å². The first-order valence-electron chi connectivity index (χ1n) is 8.29. The van der Waals surface area contributed by atoms with Gasteiger partial charge in [0.05, 0.1) is 18.8 Å². The average molecular weight is 348 g/mol. The minimum absolute atomic E-state index is 0.115. The van der Waals surface area contributed by atoms with Gasteiger partial charge in [-0.05, 0) is 29.8 Å². The van der Waals surface area contributed by atoms with E-state index in [1.165, 1.54) is 0 Å². The van der Waals surface area contributed by atoms with Crippen LogP contribution in [0.4, 0.5) is 0 Å². The minimum atomic E-state index is -0.342. The van der Waals surface area contributed by atoms with Gasteiger partial charge in [0.15, 0.2) is 18.1 Å². The van der Waals surface area contributed by atoms with Crippen LogP contribution in [0.3, 0.4) is 0 Å². The lowest BCUT2D eigenvalue weighted by Crippen LogP contribution is -2.33. The predicted molar refractivity (Wildman–Crippen MR) is 99.2 cm³/mol. The van der Waals surface area contributed by atoms with Crippen molar-refractivity contribution >= 4 is 5.91 Å². The Hall–Kier alpha value is -3.34. The van der Waals surface area contributed by atoms with Crippen molar-refractivity contribution in [1.29, 1.82) is 0 Å². The minimum Gasteiger partial charge on any atom is -0.493 e. The molecule has 0 spiro atoms. The van der Waals surface area contributed by atoms with Crippen LogP contribution in [0, 0.1) is 0 Å². The second kappa shape index (κ2) is 8.67. The van der Waals surface area contributed by atoms with E-state index in [9.17, 15) is 4.79 Å². The van der Waals surface area contributed by atoms with Crippen molar-refractivity contribution in [3.8, 4) is 11.5 Å². The topological polar surface area (TPSA) is 60.5 Å². The second-order valence-electron chi connectivity index (χ2n) is 5.61. The summed E-state index contributed by atoms with van der Waals surface area (Å²) in [4.78, 5) is 16.8. The van der Waals surface area contributed by atoms with E-state index in [1.54, 1.807) is 25.4 Å². The van der Waals surface area contributed by atoms with E-state index in [-0.39, 0.29) is 18.6 Å². The third-order valence-corrected chi connectivity index (χ3v) is 3.85. The van der Waals surface area contributed by atoms with Gasteiger partial charge in [0.25, 0.3) is 5.91 Å². The SMILES string of the molecule is COc1ccccc1OCC(=O)NC(c1ccccc1)c1ccccn1. The van der Waals surface area contributed by atoms with Crippen molar-refractivity contribution in [3.63, 3.8) is 0 Å². The van der Waals surface area contributed by atoms with E-state index < -0.39 is 0 Å². The lowest BCUT2D eigenvalue weighted by atomic mass is 10.0. The van der Waals surface area contributed by atoms with Crippen molar-refractivity contribution in [2.24, 2.45) is 0 Å². The van der Waals surface area contributed by atoms with Crippen LogP contribution >= 0.6 is 0 Å². The molecule has 0 aliphatic heterocycles. The molecule has 1 unspecified atom stereocenters. The Bertz CT molecular complexity index is 799. The molecule has 1 amide bonds. The summed E-state index contributed by atoms with van der Waals surface area (Å²) in [6, 6.07) is 22.2. The Labute approximate surface area is 152 Å². The Morgan fingerprint density at radius 3 is 2.35 bits per heavy atom. The molecule has 3 rings (SSSR count). The van der Waals surface area contributed by atoms with Gasteiger partial charge in [-0.15, -0.1) is 0 Å². The zero-order chi connectivity index (χ0) is 18.2. The first-order valence-corrected chi connectivity index (χ1v) is 8.29. The van der Waals surface area contributed by atoms with E-state index >= 15 is 0 Å². The zero-order valence-electron chi connectivity index (χ0n) is 14.5. The standard InChI is InChI=1S/C21H20N2O3/c1-25-18-12-5-6-13-19(18)26-15-20(24)23-21(16-9-3-2-4-10-16)17-11-7-8-14-22-17/h2-14,21H,15H2,1H3,(H,23,24). The summed E-state index contributed by atoms with van der Waals surface area (Å²) in [7, 11) is 1.56. The smallest absolute Gasteiger partial charge is 0.258 e. The number of amides is 1. The number of pyridine rings is 1. The number of para-hydroxylation sites is 2. The number of ether oxygens (including phenoxy) is 2. The molecule has 0 bridgehead atoms. The van der Waals surface area contributed by atoms with Crippen molar-refractivity contribution < 1.29 is 14.3 Å². The van der Waals surface area contributed by atoms with Crippen molar-refractivity contribution in [2.75, 3.05) is 13.7 Å². The highest BCUT2D eigenvalue weighted by molar-refractivity contribution is 5.78. The van der Waals surface area contributed by atoms with Crippen LogP contribution in [-0.4, -0.2) is 24.6 Å². The monoisotopic (exact) mass is 348 g/mol. The predicted octanol–water partition coefficient (Wildman–Crippen LogP) is 3.37. The summed E-state index contributed by atoms with van der Waals surface area (Å²) in [5, 5.41) is 2.99. The van der Waals surface area contributed by atoms with E-state index in [0.29, 0.717) is 11.5 Å². The maximum Gasteiger partial charge on any atom is 0.258 e. The number of benzene rings is 2. The second-order valence-corrected chi connectivity index (χ2v) is 5.61. The van der Waals surface area contributed by atoms with Gasteiger partial charge >= 0.3 is 0 Å². The van der Waals surface area contributed by atoms with E-state index in [1.807, 2.05) is 60.7 Å². The molecule has 1 heterocycles. The molecule has 5 nitrogen and oxygen atoms in total. The highest BCUT2D eigenvalue weighted by Crippen LogP contribution is 2.26. The van der Waals surface area contributed by atoms with Crippen LogP contribution in [0.15, 0.2) is 79.0 Å². The zero-order valence-corrected chi connectivity index (χ0v) is 14.5. The molecule has 0 aliphatic rings. The van der Waals surface area contributed by atoms with Crippen LogP contribution in [0.1, 0.15) is 17.3 Å². The van der Waals surface area contributed by atoms with Gasteiger partial charge in [-0.25, -0.2) is 0 Å². The highest BCUT2D eigenvalue weighted by atomic mass is 16.5. The third-order valence-electron chi connectivity index (χ3n) is 3.85. The van der Waals surface area contributed by atoms with Crippen LogP contribution in [0.5, 0.6) is 11.5 Å². The fourth-order valence-electron chi connectivity index (χ4n) is 2.60. The van der Waals surface area contributed by atoms with Crippen LogP contribution in [0.2, 0.25) is 0 Å². The summed E-state index contributed by atoms with van der Waals surface area (Å²) in [6.45, 7) is -0.115. The summed E-state index contributed by atoms with van der Waals surface area (Å²) in [5.41, 5.74) is 1.72. The number of carbonyl (C=O) groups is 1. The number of nitrogens with zero attached hydrogens (tertiary/aromatic N) is 1. The molecule has 0 saturated carbocycles. The quantitative estimate of drug-likeness (QED) is 0.711. The number of nitrogens with one attached hydrogen (secondary N) is 1. The molecule has 0 fully saturated rings. The molecule has 132 valence electrons. The Morgan fingerprint density at radius 2 is 1.65 bits per heavy atom. The molecule has 1 atom stereocenters. The van der Waals surface area contributed by atoms with Crippen LogP contribution in [-0.2, 0) is 4.79 Å².